The van der Waals surface area contributed by atoms with E-state index in [0.717, 1.165) is 38.0 Å². The third kappa shape index (κ3) is 5.48. The SMILES string of the molecule is CCN(CC)c1ccc(C(=O)OCC(=O)N[C@H]2CCCC[C@@H]2C)cc1. The lowest BCUT2D eigenvalue weighted by atomic mass is 9.86. The van der Waals surface area contributed by atoms with Crippen molar-refractivity contribution < 1.29 is 14.3 Å². The number of hydrogen-bond donors (Lipinski definition) is 1. The number of amides is 1. The van der Waals surface area contributed by atoms with Crippen LogP contribution in [-0.4, -0.2) is 37.6 Å². The number of carbonyl (C=O) groups excluding carboxylic acids is 2. The molecule has 0 heterocycles. The zero-order chi connectivity index (χ0) is 18.2. The first-order chi connectivity index (χ1) is 12.0. The van der Waals surface area contributed by atoms with E-state index in [-0.39, 0.29) is 18.6 Å². The number of nitrogens with zero attached hydrogens (tertiary/aromatic N) is 1. The molecule has 1 aromatic carbocycles. The van der Waals surface area contributed by atoms with Gasteiger partial charge in [-0.2, -0.15) is 0 Å². The van der Waals surface area contributed by atoms with Crippen LogP contribution < -0.4 is 10.2 Å². The normalized spacial score (nSPS) is 20.0. The van der Waals surface area contributed by atoms with Crippen LogP contribution >= 0.6 is 0 Å². The van der Waals surface area contributed by atoms with E-state index >= 15 is 0 Å². The predicted octanol–water partition coefficient (Wildman–Crippen LogP) is 3.38. The van der Waals surface area contributed by atoms with Crippen molar-refractivity contribution in [3.8, 4) is 0 Å². The second-order valence-corrected chi connectivity index (χ2v) is 6.73. The molecule has 1 N–H and O–H groups in total. The summed E-state index contributed by atoms with van der Waals surface area (Å²) >= 11 is 0. The van der Waals surface area contributed by atoms with Crippen LogP contribution in [0.15, 0.2) is 24.3 Å². The number of anilines is 1. The van der Waals surface area contributed by atoms with Gasteiger partial charge in [-0.1, -0.05) is 19.8 Å². The minimum Gasteiger partial charge on any atom is -0.452 e. The Morgan fingerprint density at radius 2 is 1.76 bits per heavy atom. The van der Waals surface area contributed by atoms with E-state index in [4.69, 9.17) is 4.74 Å². The average Bonchev–Trinajstić information content (AvgIpc) is 2.63. The highest BCUT2D eigenvalue weighted by molar-refractivity contribution is 5.91. The molecule has 1 aliphatic rings. The quantitative estimate of drug-likeness (QED) is 0.769. The largest absolute Gasteiger partial charge is 0.452 e. The Bertz CT molecular complexity index is 567. The van der Waals surface area contributed by atoms with Gasteiger partial charge in [-0.25, -0.2) is 4.79 Å². The second kappa shape index (κ2) is 9.44. The van der Waals surface area contributed by atoms with Gasteiger partial charge in [0.25, 0.3) is 5.91 Å². The molecular formula is C20H30N2O3. The molecule has 2 atom stereocenters. The highest BCUT2D eigenvalue weighted by atomic mass is 16.5. The van der Waals surface area contributed by atoms with Crippen LogP contribution in [0.3, 0.4) is 0 Å². The first kappa shape index (κ1) is 19.3. The highest BCUT2D eigenvalue weighted by Crippen LogP contribution is 2.23. The number of esters is 1. The molecule has 0 aliphatic heterocycles. The zero-order valence-corrected chi connectivity index (χ0v) is 15.6. The average molecular weight is 346 g/mol. The molecule has 0 saturated heterocycles. The van der Waals surface area contributed by atoms with Gasteiger partial charge in [-0.3, -0.25) is 4.79 Å². The van der Waals surface area contributed by atoms with Crippen molar-refractivity contribution in [2.24, 2.45) is 5.92 Å². The minimum atomic E-state index is -0.460. The Kier molecular flexibility index (Phi) is 7.29. The third-order valence-electron chi connectivity index (χ3n) is 5.02. The Morgan fingerprint density at radius 1 is 1.12 bits per heavy atom. The lowest BCUT2D eigenvalue weighted by molar-refractivity contribution is -0.125. The van der Waals surface area contributed by atoms with Gasteiger partial charge in [0.15, 0.2) is 6.61 Å². The zero-order valence-electron chi connectivity index (χ0n) is 15.6. The van der Waals surface area contributed by atoms with Crippen molar-refractivity contribution in [1.82, 2.24) is 5.32 Å². The summed E-state index contributed by atoms with van der Waals surface area (Å²) in [6.45, 7) is 7.96. The molecular weight excluding hydrogens is 316 g/mol. The van der Waals surface area contributed by atoms with Gasteiger partial charge in [-0.15, -0.1) is 0 Å². The molecule has 0 spiro atoms. The van der Waals surface area contributed by atoms with E-state index in [0.29, 0.717) is 11.5 Å². The van der Waals surface area contributed by atoms with Gasteiger partial charge in [0.2, 0.25) is 0 Å². The van der Waals surface area contributed by atoms with Gasteiger partial charge < -0.3 is 15.0 Å². The van der Waals surface area contributed by atoms with Gasteiger partial charge in [-0.05, 0) is 56.9 Å². The molecule has 138 valence electrons. The Hall–Kier alpha value is -2.04. The summed E-state index contributed by atoms with van der Waals surface area (Å²) in [4.78, 5) is 26.3. The standard InChI is InChI=1S/C20H30N2O3/c1-4-22(5-2)17-12-10-16(11-13-17)20(24)25-14-19(23)21-18-9-7-6-8-15(18)3/h10-13,15,18H,4-9,14H2,1-3H3,(H,21,23)/t15-,18-/m0/s1. The first-order valence-electron chi connectivity index (χ1n) is 9.36. The molecule has 1 fully saturated rings. The molecule has 1 saturated carbocycles. The van der Waals surface area contributed by atoms with Gasteiger partial charge >= 0.3 is 5.97 Å². The number of carbonyl (C=O) groups is 2. The van der Waals surface area contributed by atoms with Crippen molar-refractivity contribution in [2.45, 2.75) is 52.5 Å². The molecule has 2 rings (SSSR count). The van der Waals surface area contributed by atoms with Crippen LogP contribution in [-0.2, 0) is 9.53 Å². The highest BCUT2D eigenvalue weighted by Gasteiger charge is 2.23. The fourth-order valence-corrected chi connectivity index (χ4v) is 3.39. The van der Waals surface area contributed by atoms with Gasteiger partial charge in [0, 0.05) is 24.8 Å². The summed E-state index contributed by atoms with van der Waals surface area (Å²) in [5.41, 5.74) is 1.54. The van der Waals surface area contributed by atoms with Crippen molar-refractivity contribution in [2.75, 3.05) is 24.6 Å². The van der Waals surface area contributed by atoms with E-state index in [1.54, 1.807) is 12.1 Å². The lowest BCUT2D eigenvalue weighted by Gasteiger charge is -2.29. The number of benzene rings is 1. The molecule has 0 aromatic heterocycles. The molecule has 5 nitrogen and oxygen atoms in total. The second-order valence-electron chi connectivity index (χ2n) is 6.73. The van der Waals surface area contributed by atoms with Crippen LogP contribution in [0.25, 0.3) is 0 Å². The van der Waals surface area contributed by atoms with E-state index in [1.165, 1.54) is 6.42 Å². The summed E-state index contributed by atoms with van der Waals surface area (Å²) in [6, 6.07) is 7.52. The van der Waals surface area contributed by atoms with Crippen molar-refractivity contribution >= 4 is 17.6 Å². The fraction of sp³-hybridized carbons (Fsp3) is 0.600. The summed E-state index contributed by atoms with van der Waals surface area (Å²) in [6.07, 6.45) is 4.53. The van der Waals surface area contributed by atoms with Crippen molar-refractivity contribution in [3.63, 3.8) is 0 Å². The van der Waals surface area contributed by atoms with Gasteiger partial charge in [0.05, 0.1) is 5.56 Å². The monoisotopic (exact) mass is 346 g/mol. The van der Waals surface area contributed by atoms with Crippen LogP contribution in [0.5, 0.6) is 0 Å². The molecule has 1 aromatic rings. The van der Waals surface area contributed by atoms with Crippen LogP contribution in [0.4, 0.5) is 5.69 Å². The van der Waals surface area contributed by atoms with Crippen LogP contribution in [0.2, 0.25) is 0 Å². The summed E-state index contributed by atoms with van der Waals surface area (Å²) in [5, 5.41) is 2.99. The van der Waals surface area contributed by atoms with Crippen LogP contribution in [0.1, 0.15) is 56.8 Å². The van der Waals surface area contributed by atoms with E-state index in [1.807, 2.05) is 12.1 Å². The molecule has 0 unspecified atom stereocenters. The van der Waals surface area contributed by atoms with Crippen molar-refractivity contribution in [1.29, 1.82) is 0 Å². The summed E-state index contributed by atoms with van der Waals surface area (Å²) in [7, 11) is 0. The molecule has 1 amide bonds. The molecule has 0 radical (unpaired) electrons. The maximum Gasteiger partial charge on any atom is 0.338 e. The molecule has 0 bridgehead atoms. The Morgan fingerprint density at radius 3 is 2.36 bits per heavy atom. The lowest BCUT2D eigenvalue weighted by Crippen LogP contribution is -2.42. The number of ether oxygens (including phenoxy) is 1. The summed E-state index contributed by atoms with van der Waals surface area (Å²) < 4.78 is 5.16. The van der Waals surface area contributed by atoms with Crippen LogP contribution in [0, 0.1) is 5.92 Å². The number of rotatable bonds is 7. The van der Waals surface area contributed by atoms with E-state index in [2.05, 4.69) is 31.0 Å². The maximum absolute atomic E-state index is 12.1. The predicted molar refractivity (Wildman–Crippen MR) is 99.8 cm³/mol. The Balaban J connectivity index is 1.82. The first-order valence-corrected chi connectivity index (χ1v) is 9.36. The maximum atomic E-state index is 12.1. The number of nitrogens with one attached hydrogen (secondary N) is 1. The summed E-state index contributed by atoms with van der Waals surface area (Å²) in [5.74, 6) is -0.189. The Labute approximate surface area is 150 Å². The van der Waals surface area contributed by atoms with E-state index < -0.39 is 5.97 Å². The molecule has 5 heteroatoms. The smallest absolute Gasteiger partial charge is 0.338 e. The third-order valence-corrected chi connectivity index (χ3v) is 5.02. The topological polar surface area (TPSA) is 58.6 Å². The molecule has 25 heavy (non-hydrogen) atoms. The van der Waals surface area contributed by atoms with Crippen molar-refractivity contribution in [3.05, 3.63) is 29.8 Å². The van der Waals surface area contributed by atoms with E-state index in [9.17, 15) is 9.59 Å². The van der Waals surface area contributed by atoms with Gasteiger partial charge in [0.1, 0.15) is 0 Å². The fourth-order valence-electron chi connectivity index (χ4n) is 3.39. The number of hydrogen-bond acceptors (Lipinski definition) is 4. The molecule has 1 aliphatic carbocycles. The minimum absolute atomic E-state index is 0.202.